The van der Waals surface area contributed by atoms with Crippen LogP contribution < -0.4 is 0 Å². The average molecular weight is 696 g/mol. The zero-order valence-electron chi connectivity index (χ0n) is 28.4. The maximum atomic E-state index is 5.27. The minimum absolute atomic E-state index is 0.636. The first-order chi connectivity index (χ1) is 26.3. The molecule has 4 heterocycles. The minimum Gasteiger partial charge on any atom is -0.295 e. The summed E-state index contributed by atoms with van der Waals surface area (Å²) in [6.07, 6.45) is 0. The fourth-order valence-corrected chi connectivity index (χ4v) is 8.92. The summed E-state index contributed by atoms with van der Waals surface area (Å²) in [6, 6.07) is 61.7. The standard InChI is InChI=1S/C47H29N5S/c1-4-14-30(15-5-1)31-26-28-33(29-27-31)45-48-44(32-16-6-2-7-17-32)49-46(50-45)36-21-12-23-38-41(36)42-35-20-13-25-40-43(35)52(37-22-10-11-24-39(37)53-40)47(42)51(38)34-18-8-3-9-19-34/h1-29H. The molecule has 0 spiro atoms. The first-order valence-electron chi connectivity index (χ1n) is 17.7. The van der Waals surface area contributed by atoms with Gasteiger partial charge in [-0.1, -0.05) is 151 Å². The molecule has 10 aromatic rings. The maximum Gasteiger partial charge on any atom is 0.164 e. The average Bonchev–Trinajstić information content (AvgIpc) is 3.76. The van der Waals surface area contributed by atoms with Crippen LogP contribution in [0.2, 0.25) is 0 Å². The first kappa shape index (κ1) is 29.9. The van der Waals surface area contributed by atoms with E-state index in [1.54, 1.807) is 0 Å². The Kier molecular flexibility index (Phi) is 6.72. The van der Waals surface area contributed by atoms with Gasteiger partial charge in [-0.15, -0.1) is 0 Å². The SMILES string of the molecule is c1ccc(-c2ccc(-c3nc(-c4ccccc4)nc(-c4cccc5c4c4c6cccc7c6n(c4n5-c4ccccc4)-c4ccccc4S7)n3)cc2)cc1. The number of hydrogen-bond acceptors (Lipinski definition) is 4. The number of rotatable bonds is 5. The summed E-state index contributed by atoms with van der Waals surface area (Å²) in [6.45, 7) is 0. The van der Waals surface area contributed by atoms with E-state index in [9.17, 15) is 0 Å². The largest absolute Gasteiger partial charge is 0.295 e. The molecule has 0 N–H and O–H groups in total. The molecule has 0 saturated carbocycles. The molecule has 248 valence electrons. The van der Waals surface area contributed by atoms with Crippen molar-refractivity contribution in [3.8, 4) is 56.7 Å². The third kappa shape index (κ3) is 4.69. The summed E-state index contributed by atoms with van der Waals surface area (Å²) in [4.78, 5) is 18.1. The van der Waals surface area contributed by atoms with Crippen molar-refractivity contribution in [1.29, 1.82) is 0 Å². The van der Waals surface area contributed by atoms with Gasteiger partial charge in [0, 0.05) is 48.3 Å². The summed E-state index contributed by atoms with van der Waals surface area (Å²) in [7, 11) is 0. The van der Waals surface area contributed by atoms with Crippen LogP contribution in [0.1, 0.15) is 0 Å². The summed E-state index contributed by atoms with van der Waals surface area (Å²) < 4.78 is 4.87. The highest BCUT2D eigenvalue weighted by Gasteiger charge is 2.29. The lowest BCUT2D eigenvalue weighted by Crippen LogP contribution is -2.05. The number of hydrogen-bond donors (Lipinski definition) is 0. The molecule has 0 bridgehead atoms. The van der Waals surface area contributed by atoms with Crippen LogP contribution in [0.25, 0.3) is 89.5 Å². The zero-order chi connectivity index (χ0) is 34.9. The quantitative estimate of drug-likeness (QED) is 0.180. The van der Waals surface area contributed by atoms with Crippen LogP contribution in [-0.4, -0.2) is 24.1 Å². The van der Waals surface area contributed by atoms with Gasteiger partial charge in [-0.05, 0) is 47.5 Å². The number of aromatic nitrogens is 5. The van der Waals surface area contributed by atoms with Crippen molar-refractivity contribution in [3.63, 3.8) is 0 Å². The van der Waals surface area contributed by atoms with Crippen molar-refractivity contribution < 1.29 is 0 Å². The predicted molar refractivity (Wildman–Crippen MR) is 217 cm³/mol. The Labute approximate surface area is 309 Å². The summed E-state index contributed by atoms with van der Waals surface area (Å²) in [5.41, 5.74) is 10.9. The lowest BCUT2D eigenvalue weighted by atomic mass is 10.0. The van der Waals surface area contributed by atoms with Crippen molar-refractivity contribution >= 4 is 44.6 Å². The highest BCUT2D eigenvalue weighted by molar-refractivity contribution is 7.99. The topological polar surface area (TPSA) is 48.5 Å². The first-order valence-corrected chi connectivity index (χ1v) is 18.5. The highest BCUT2D eigenvalue weighted by atomic mass is 32.2. The summed E-state index contributed by atoms with van der Waals surface area (Å²) in [5, 5.41) is 3.51. The lowest BCUT2D eigenvalue weighted by Gasteiger charge is -2.21. The second-order valence-corrected chi connectivity index (χ2v) is 14.3. The molecule has 7 aromatic carbocycles. The second kappa shape index (κ2) is 11.9. The molecular weight excluding hydrogens is 667 g/mol. The van der Waals surface area contributed by atoms with Gasteiger partial charge in [0.15, 0.2) is 17.5 Å². The van der Waals surface area contributed by atoms with E-state index in [1.807, 2.05) is 36.0 Å². The third-order valence-electron chi connectivity index (χ3n) is 10.2. The molecule has 3 aromatic heterocycles. The molecule has 0 unspecified atom stereocenters. The fraction of sp³-hybridized carbons (Fsp3) is 0. The number of benzene rings is 7. The van der Waals surface area contributed by atoms with Gasteiger partial charge in [0.25, 0.3) is 0 Å². The van der Waals surface area contributed by atoms with Crippen molar-refractivity contribution in [3.05, 3.63) is 176 Å². The van der Waals surface area contributed by atoms with Crippen molar-refractivity contribution in [2.24, 2.45) is 0 Å². The second-order valence-electron chi connectivity index (χ2n) is 13.2. The van der Waals surface area contributed by atoms with E-state index in [0.29, 0.717) is 17.5 Å². The van der Waals surface area contributed by atoms with Crippen LogP contribution in [0.4, 0.5) is 0 Å². The van der Waals surface area contributed by atoms with Crippen molar-refractivity contribution in [1.82, 2.24) is 24.1 Å². The van der Waals surface area contributed by atoms with E-state index in [1.165, 1.54) is 37.3 Å². The molecule has 0 aliphatic carbocycles. The highest BCUT2D eigenvalue weighted by Crippen LogP contribution is 2.50. The van der Waals surface area contributed by atoms with Gasteiger partial charge in [0.1, 0.15) is 5.65 Å². The van der Waals surface area contributed by atoms with Gasteiger partial charge < -0.3 is 0 Å². The van der Waals surface area contributed by atoms with Crippen molar-refractivity contribution in [2.75, 3.05) is 0 Å². The normalized spacial score (nSPS) is 12.1. The van der Waals surface area contributed by atoms with E-state index in [-0.39, 0.29) is 0 Å². The molecule has 0 fully saturated rings. The van der Waals surface area contributed by atoms with Gasteiger partial charge in [-0.3, -0.25) is 9.13 Å². The van der Waals surface area contributed by atoms with Crippen molar-refractivity contribution in [2.45, 2.75) is 9.79 Å². The van der Waals surface area contributed by atoms with Crippen LogP contribution in [0.15, 0.2) is 186 Å². The number of fused-ring (bicyclic) bond motifs is 7. The van der Waals surface area contributed by atoms with Crippen LogP contribution in [0.3, 0.4) is 0 Å². The molecule has 0 amide bonds. The van der Waals surface area contributed by atoms with Crippen LogP contribution in [0.5, 0.6) is 0 Å². The Morgan fingerprint density at radius 1 is 0.396 bits per heavy atom. The lowest BCUT2D eigenvalue weighted by molar-refractivity contribution is 1.03. The van der Waals surface area contributed by atoms with E-state index in [2.05, 4.69) is 161 Å². The molecular formula is C47H29N5S. The monoisotopic (exact) mass is 695 g/mol. The van der Waals surface area contributed by atoms with Gasteiger partial charge >= 0.3 is 0 Å². The third-order valence-corrected chi connectivity index (χ3v) is 11.3. The maximum absolute atomic E-state index is 5.27. The van der Waals surface area contributed by atoms with Gasteiger partial charge in [0.2, 0.25) is 0 Å². The van der Waals surface area contributed by atoms with E-state index in [4.69, 9.17) is 15.0 Å². The Bertz CT molecular complexity index is 3000. The van der Waals surface area contributed by atoms with E-state index in [0.717, 1.165) is 44.5 Å². The smallest absolute Gasteiger partial charge is 0.164 e. The molecule has 6 heteroatoms. The fourth-order valence-electron chi connectivity index (χ4n) is 7.83. The Morgan fingerprint density at radius 2 is 0.962 bits per heavy atom. The molecule has 0 atom stereocenters. The molecule has 0 radical (unpaired) electrons. The van der Waals surface area contributed by atoms with Crippen LogP contribution in [0, 0.1) is 0 Å². The van der Waals surface area contributed by atoms with E-state index < -0.39 is 0 Å². The summed E-state index contributed by atoms with van der Waals surface area (Å²) >= 11 is 1.84. The van der Waals surface area contributed by atoms with Gasteiger partial charge in [0.05, 0.1) is 16.7 Å². The molecule has 5 nitrogen and oxygen atoms in total. The van der Waals surface area contributed by atoms with Gasteiger partial charge in [-0.2, -0.15) is 0 Å². The Balaban J connectivity index is 1.22. The minimum atomic E-state index is 0.636. The van der Waals surface area contributed by atoms with Crippen LogP contribution >= 0.6 is 11.8 Å². The van der Waals surface area contributed by atoms with E-state index >= 15 is 0 Å². The number of nitrogens with zero attached hydrogens (tertiary/aromatic N) is 5. The molecule has 1 aliphatic rings. The van der Waals surface area contributed by atoms with Crippen LogP contribution in [-0.2, 0) is 0 Å². The predicted octanol–water partition coefficient (Wildman–Crippen LogP) is 12.0. The molecule has 0 saturated heterocycles. The van der Waals surface area contributed by atoms with Gasteiger partial charge in [-0.25, -0.2) is 15.0 Å². The zero-order valence-corrected chi connectivity index (χ0v) is 29.2. The Hall–Kier alpha value is -6.76. The molecule has 53 heavy (non-hydrogen) atoms. The molecule has 11 rings (SSSR count). The summed E-state index contributed by atoms with van der Waals surface area (Å²) in [5.74, 6) is 1.92. The Morgan fingerprint density at radius 3 is 1.72 bits per heavy atom. The molecule has 1 aliphatic heterocycles. The number of para-hydroxylation sites is 3.